The van der Waals surface area contributed by atoms with Crippen LogP contribution in [0, 0.1) is 0 Å². The third-order valence-electron chi connectivity index (χ3n) is 3.46. The summed E-state index contributed by atoms with van der Waals surface area (Å²) >= 11 is 0.297. The van der Waals surface area contributed by atoms with Gasteiger partial charge in [0.25, 0.3) is 5.91 Å². The van der Waals surface area contributed by atoms with Crippen molar-refractivity contribution in [2.24, 2.45) is 0 Å². The molecule has 0 saturated heterocycles. The number of carbonyl (C=O) groups is 2. The molecule has 0 fully saturated rings. The van der Waals surface area contributed by atoms with Crippen molar-refractivity contribution in [2.75, 3.05) is 11.9 Å². The third kappa shape index (κ3) is 3.88. The van der Waals surface area contributed by atoms with Gasteiger partial charge in [-0.1, -0.05) is 29.5 Å². The number of alkyl halides is 3. The van der Waals surface area contributed by atoms with E-state index in [0.29, 0.717) is 16.7 Å². The first-order valence-electron chi connectivity index (χ1n) is 7.80. The van der Waals surface area contributed by atoms with Gasteiger partial charge >= 0.3 is 17.8 Å². The van der Waals surface area contributed by atoms with Crippen LogP contribution in [0.4, 0.5) is 18.3 Å². The van der Waals surface area contributed by atoms with Gasteiger partial charge < -0.3 is 9.15 Å². The summed E-state index contributed by atoms with van der Waals surface area (Å²) in [6.45, 7) is 1.31. The van der Waals surface area contributed by atoms with Crippen LogP contribution in [0.1, 0.15) is 32.6 Å². The number of hydrogen-bond acceptors (Lipinski definition) is 7. The van der Waals surface area contributed by atoms with E-state index in [0.717, 1.165) is 0 Å². The highest BCUT2D eigenvalue weighted by molar-refractivity contribution is 7.17. The van der Waals surface area contributed by atoms with Gasteiger partial charge in [-0.2, -0.15) is 13.2 Å². The molecule has 1 amide bonds. The van der Waals surface area contributed by atoms with Crippen molar-refractivity contribution < 1.29 is 31.9 Å². The number of anilines is 1. The molecule has 3 rings (SSSR count). The number of carbonyl (C=O) groups excluding carboxylic acids is 2. The molecule has 0 bridgehead atoms. The number of aromatic nitrogens is 1. The van der Waals surface area contributed by atoms with Crippen LogP contribution in [0.2, 0.25) is 0 Å². The van der Waals surface area contributed by atoms with E-state index in [-0.39, 0.29) is 12.2 Å². The summed E-state index contributed by atoms with van der Waals surface area (Å²) in [5.41, 5.74) is -2.60. The minimum atomic E-state index is -4.93. The number of nitrogens with one attached hydrogen (secondary N) is 1. The topological polar surface area (TPSA) is 98.5 Å². The van der Waals surface area contributed by atoms with E-state index in [1.807, 2.05) is 0 Å². The Morgan fingerprint density at radius 2 is 2.00 bits per heavy atom. The molecule has 1 N–H and O–H groups in total. The monoisotopic (exact) mass is 412 g/mol. The summed E-state index contributed by atoms with van der Waals surface area (Å²) in [6, 6.07) is 7.67. The van der Waals surface area contributed by atoms with Crippen LogP contribution in [0.3, 0.4) is 0 Å². The normalized spacial score (nSPS) is 11.4. The molecule has 2 heterocycles. The van der Waals surface area contributed by atoms with Crippen LogP contribution in [-0.2, 0) is 10.9 Å². The maximum absolute atomic E-state index is 13.1. The molecule has 11 heteroatoms. The molecule has 0 saturated carbocycles. The molecule has 0 unspecified atom stereocenters. The zero-order valence-corrected chi connectivity index (χ0v) is 14.9. The average molecular weight is 412 g/mol. The maximum Gasteiger partial charge on any atom is 0.435 e. The van der Waals surface area contributed by atoms with E-state index in [2.05, 4.69) is 15.0 Å². The first kappa shape index (κ1) is 19.5. The van der Waals surface area contributed by atoms with Gasteiger partial charge in [0.2, 0.25) is 0 Å². The van der Waals surface area contributed by atoms with Gasteiger partial charge in [-0.25, -0.2) is 14.6 Å². The van der Waals surface area contributed by atoms with Crippen LogP contribution >= 0.6 is 11.3 Å². The quantitative estimate of drug-likeness (QED) is 0.518. The van der Waals surface area contributed by atoms with Crippen LogP contribution in [0.25, 0.3) is 11.0 Å². The summed E-state index contributed by atoms with van der Waals surface area (Å²) < 4.78 is 49.0. The first-order valence-corrected chi connectivity index (χ1v) is 8.61. The lowest BCUT2D eigenvalue weighted by molar-refractivity contribution is -0.141. The molecule has 0 aliphatic rings. The molecule has 146 valence electrons. The Labute approximate surface area is 158 Å². The smallest absolute Gasteiger partial charge is 0.435 e. The molecule has 0 aliphatic heterocycles. The lowest BCUT2D eigenvalue weighted by Crippen LogP contribution is -2.20. The lowest BCUT2D eigenvalue weighted by Gasteiger charge is -2.05. The van der Waals surface area contributed by atoms with Crippen molar-refractivity contribution in [1.29, 1.82) is 0 Å². The number of rotatable bonds is 4. The van der Waals surface area contributed by atoms with E-state index in [1.165, 1.54) is 19.1 Å². The van der Waals surface area contributed by atoms with Crippen molar-refractivity contribution in [1.82, 2.24) is 4.98 Å². The number of thiazole rings is 1. The predicted octanol–water partition coefficient (Wildman–Crippen LogP) is 3.70. The van der Waals surface area contributed by atoms with Crippen molar-refractivity contribution in [3.05, 3.63) is 56.9 Å². The second kappa shape index (κ2) is 7.43. The predicted molar refractivity (Wildman–Crippen MR) is 93.5 cm³/mol. The molecule has 0 aliphatic carbocycles. The van der Waals surface area contributed by atoms with Crippen LogP contribution in [0.5, 0.6) is 0 Å². The number of benzene rings is 1. The summed E-state index contributed by atoms with van der Waals surface area (Å²) in [5.74, 6) is -2.23. The van der Waals surface area contributed by atoms with Crippen molar-refractivity contribution in [2.45, 2.75) is 13.1 Å². The number of para-hydroxylation sites is 1. The van der Waals surface area contributed by atoms with E-state index in [1.54, 1.807) is 18.2 Å². The molecule has 28 heavy (non-hydrogen) atoms. The number of fused-ring (bicyclic) bond motifs is 1. The van der Waals surface area contributed by atoms with Gasteiger partial charge in [-0.05, 0) is 19.1 Å². The Hall–Kier alpha value is -3.21. The Balaban J connectivity index is 1.95. The molecular formula is C17H11F3N2O5S. The third-order valence-corrected chi connectivity index (χ3v) is 4.41. The molecular weight excluding hydrogens is 401 g/mol. The van der Waals surface area contributed by atoms with Crippen molar-refractivity contribution >= 4 is 39.3 Å². The largest absolute Gasteiger partial charge is 0.462 e. The van der Waals surface area contributed by atoms with E-state index >= 15 is 0 Å². The number of hydrogen-bond donors (Lipinski definition) is 1. The number of nitrogens with zero attached hydrogens (tertiary/aromatic N) is 1. The molecule has 7 nitrogen and oxygen atoms in total. The van der Waals surface area contributed by atoms with Crippen molar-refractivity contribution in [3.63, 3.8) is 0 Å². The van der Waals surface area contributed by atoms with Gasteiger partial charge in [0, 0.05) is 5.39 Å². The minimum absolute atomic E-state index is 0.131. The Morgan fingerprint density at radius 1 is 1.29 bits per heavy atom. The van der Waals surface area contributed by atoms with Crippen LogP contribution in [0.15, 0.2) is 39.5 Å². The fraction of sp³-hybridized carbons (Fsp3) is 0.176. The number of amides is 1. The highest BCUT2D eigenvalue weighted by Gasteiger charge is 2.40. The van der Waals surface area contributed by atoms with Gasteiger partial charge in [0.05, 0.1) is 6.61 Å². The van der Waals surface area contributed by atoms with Gasteiger partial charge in [0.15, 0.2) is 10.8 Å². The zero-order valence-electron chi connectivity index (χ0n) is 14.1. The van der Waals surface area contributed by atoms with Gasteiger partial charge in [-0.15, -0.1) is 0 Å². The van der Waals surface area contributed by atoms with Crippen molar-refractivity contribution in [3.8, 4) is 0 Å². The van der Waals surface area contributed by atoms with Gasteiger partial charge in [0.1, 0.15) is 16.0 Å². The number of ether oxygens (including phenoxy) is 1. The fourth-order valence-electron chi connectivity index (χ4n) is 2.29. The molecule has 0 radical (unpaired) electrons. The molecule has 0 atom stereocenters. The highest BCUT2D eigenvalue weighted by atomic mass is 32.1. The number of esters is 1. The Kier molecular flexibility index (Phi) is 5.18. The van der Waals surface area contributed by atoms with Crippen LogP contribution in [-0.4, -0.2) is 23.5 Å². The van der Waals surface area contributed by atoms with E-state index < -0.39 is 44.9 Å². The van der Waals surface area contributed by atoms with E-state index in [4.69, 9.17) is 4.42 Å². The zero-order chi connectivity index (χ0) is 20.5. The summed E-state index contributed by atoms with van der Waals surface area (Å²) in [4.78, 5) is 38.6. The molecule has 1 aromatic carbocycles. The van der Waals surface area contributed by atoms with E-state index in [9.17, 15) is 27.6 Å². The molecule has 2 aromatic heterocycles. The standard InChI is InChI=1S/C17H11F3N2O5S/c1-2-26-15(25)11-12(17(18,19)20)21-16(28-11)22-13(23)9-7-8-5-3-4-6-10(8)27-14(9)24/h3-7H,2H2,1H3,(H,21,22,23). The fourth-order valence-corrected chi connectivity index (χ4v) is 3.16. The van der Waals surface area contributed by atoms with Gasteiger partial charge in [-0.3, -0.25) is 10.1 Å². The minimum Gasteiger partial charge on any atom is -0.462 e. The summed E-state index contributed by atoms with van der Waals surface area (Å²) in [5, 5.41) is 2.04. The second-order valence-corrected chi connectivity index (χ2v) is 6.35. The second-order valence-electron chi connectivity index (χ2n) is 5.35. The number of halogens is 3. The SMILES string of the molecule is CCOC(=O)c1sc(NC(=O)c2cc3ccccc3oc2=O)nc1C(F)(F)F. The molecule has 0 spiro atoms. The highest BCUT2D eigenvalue weighted by Crippen LogP contribution is 2.36. The summed E-state index contributed by atoms with van der Waals surface area (Å²) in [7, 11) is 0. The molecule has 3 aromatic rings. The maximum atomic E-state index is 13.1. The first-order chi connectivity index (χ1) is 13.2. The Morgan fingerprint density at radius 3 is 2.68 bits per heavy atom. The lowest BCUT2D eigenvalue weighted by atomic mass is 10.2. The average Bonchev–Trinajstić information content (AvgIpc) is 3.05. The van der Waals surface area contributed by atoms with Crippen LogP contribution < -0.4 is 10.9 Å². The summed E-state index contributed by atoms with van der Waals surface area (Å²) in [6.07, 6.45) is -4.93. The Bertz CT molecular complexity index is 1120.